The van der Waals surface area contributed by atoms with Crippen LogP contribution < -0.4 is 5.56 Å². The van der Waals surface area contributed by atoms with E-state index in [0.717, 1.165) is 33.3 Å². The molecule has 0 aliphatic carbocycles. The van der Waals surface area contributed by atoms with Crippen molar-refractivity contribution in [2.24, 2.45) is 0 Å². The summed E-state index contributed by atoms with van der Waals surface area (Å²) in [6.07, 6.45) is 1.71. The van der Waals surface area contributed by atoms with E-state index in [9.17, 15) is 9.59 Å². The minimum atomic E-state index is -0.0285. The smallest absolute Gasteiger partial charge is 0.272 e. The lowest BCUT2D eigenvalue weighted by Crippen LogP contribution is -2.22. The number of nitrogens with zero attached hydrogens (tertiary/aromatic N) is 2. The summed E-state index contributed by atoms with van der Waals surface area (Å²) in [7, 11) is 0. The van der Waals surface area contributed by atoms with Gasteiger partial charge in [0.15, 0.2) is 10.9 Å². The summed E-state index contributed by atoms with van der Waals surface area (Å²) in [5, 5.41) is 2.56. The summed E-state index contributed by atoms with van der Waals surface area (Å²) in [5.41, 5.74) is 5.79. The fraction of sp³-hybridized carbons (Fsp3) is 0.286. The number of carbonyl (C=O) groups is 1. The van der Waals surface area contributed by atoms with Gasteiger partial charge < -0.3 is 0 Å². The van der Waals surface area contributed by atoms with Crippen molar-refractivity contribution < 1.29 is 4.79 Å². The summed E-state index contributed by atoms with van der Waals surface area (Å²) < 4.78 is 2.34. The molecule has 4 nitrogen and oxygen atoms in total. The number of aromatic nitrogens is 2. The molecule has 0 spiro atoms. The quantitative estimate of drug-likeness (QED) is 0.252. The summed E-state index contributed by atoms with van der Waals surface area (Å²) in [4.78, 5) is 29.5. The van der Waals surface area contributed by atoms with Crippen LogP contribution in [-0.2, 0) is 12.3 Å². The van der Waals surface area contributed by atoms with E-state index >= 15 is 0 Å². The topological polar surface area (TPSA) is 52.0 Å². The molecular formula is C21H22N2O2S2. The Balaban J connectivity index is 2.04. The lowest BCUT2D eigenvalue weighted by molar-refractivity contribution is 0.101. The van der Waals surface area contributed by atoms with E-state index in [0.29, 0.717) is 22.2 Å². The number of benzene rings is 1. The number of thiophene rings is 1. The molecule has 0 atom stereocenters. The van der Waals surface area contributed by atoms with Crippen LogP contribution in [0.25, 0.3) is 10.2 Å². The Morgan fingerprint density at radius 2 is 2.07 bits per heavy atom. The maximum atomic E-state index is 12.8. The van der Waals surface area contributed by atoms with Gasteiger partial charge in [-0.05, 0) is 61.4 Å². The summed E-state index contributed by atoms with van der Waals surface area (Å²) in [6.45, 7) is 11.8. The van der Waals surface area contributed by atoms with E-state index in [2.05, 4.69) is 24.6 Å². The second-order valence-corrected chi connectivity index (χ2v) is 8.43. The Morgan fingerprint density at radius 3 is 2.74 bits per heavy atom. The van der Waals surface area contributed by atoms with E-state index in [1.807, 2.05) is 25.3 Å². The largest absolute Gasteiger partial charge is 0.294 e. The molecule has 0 fully saturated rings. The van der Waals surface area contributed by atoms with Gasteiger partial charge in [-0.3, -0.25) is 14.2 Å². The molecule has 0 bridgehead atoms. The van der Waals surface area contributed by atoms with Crippen LogP contribution in [0.5, 0.6) is 0 Å². The summed E-state index contributed by atoms with van der Waals surface area (Å²) in [6, 6.07) is 3.94. The number of allylic oxidation sites excluding steroid dienone is 1. The van der Waals surface area contributed by atoms with Crippen molar-refractivity contribution in [3.63, 3.8) is 0 Å². The molecule has 27 heavy (non-hydrogen) atoms. The molecule has 0 amide bonds. The van der Waals surface area contributed by atoms with Gasteiger partial charge in [0.25, 0.3) is 5.56 Å². The Kier molecular flexibility index (Phi) is 5.67. The molecule has 2 heterocycles. The highest BCUT2D eigenvalue weighted by atomic mass is 32.2. The number of rotatable bonds is 6. The molecule has 140 valence electrons. The van der Waals surface area contributed by atoms with Gasteiger partial charge in [-0.25, -0.2) is 4.98 Å². The zero-order chi connectivity index (χ0) is 19.7. The standard InChI is InChI=1S/C21H22N2O2S2/c1-6-8-23-20(25)19-17(7-9-26-19)22-21(23)27-11-16-12(2)10-13(3)18(14(16)4)15(5)24/h6-7,9-10H,1,8,11H2,2-5H3. The molecule has 0 aliphatic heterocycles. The fourth-order valence-corrected chi connectivity index (χ4v) is 5.42. The Labute approximate surface area is 167 Å². The molecule has 0 aliphatic rings. The van der Waals surface area contributed by atoms with Gasteiger partial charge in [-0.1, -0.05) is 23.9 Å². The summed E-state index contributed by atoms with van der Waals surface area (Å²) >= 11 is 2.94. The molecule has 0 unspecified atom stereocenters. The van der Waals surface area contributed by atoms with Gasteiger partial charge >= 0.3 is 0 Å². The van der Waals surface area contributed by atoms with Crippen LogP contribution in [0.2, 0.25) is 0 Å². The molecule has 0 saturated carbocycles. The van der Waals surface area contributed by atoms with E-state index in [4.69, 9.17) is 0 Å². The lowest BCUT2D eigenvalue weighted by atomic mass is 9.92. The van der Waals surface area contributed by atoms with Crippen molar-refractivity contribution in [1.29, 1.82) is 0 Å². The number of aryl methyl sites for hydroxylation is 2. The molecular weight excluding hydrogens is 376 g/mol. The normalized spacial score (nSPS) is 11.1. The van der Waals surface area contributed by atoms with Gasteiger partial charge in [0, 0.05) is 17.9 Å². The molecule has 6 heteroatoms. The monoisotopic (exact) mass is 398 g/mol. The van der Waals surface area contributed by atoms with Crippen LogP contribution in [0, 0.1) is 20.8 Å². The van der Waals surface area contributed by atoms with E-state index < -0.39 is 0 Å². The Bertz CT molecular complexity index is 1110. The van der Waals surface area contributed by atoms with Crippen LogP contribution in [-0.4, -0.2) is 15.3 Å². The fourth-order valence-electron chi connectivity index (χ4n) is 3.45. The van der Waals surface area contributed by atoms with Crippen molar-refractivity contribution in [1.82, 2.24) is 9.55 Å². The third-order valence-electron chi connectivity index (χ3n) is 4.67. The zero-order valence-electron chi connectivity index (χ0n) is 16.0. The maximum absolute atomic E-state index is 12.8. The van der Waals surface area contributed by atoms with Crippen LogP contribution in [0.4, 0.5) is 0 Å². The number of Topliss-reactive ketones (excluding diaryl/α,β-unsaturated/α-hetero) is 1. The second kappa shape index (κ2) is 7.82. The number of carbonyl (C=O) groups excluding carboxylic acids is 1. The SMILES string of the molecule is C=CCn1c(SCc2c(C)cc(C)c(C(C)=O)c2C)nc2ccsc2c1=O. The molecule has 0 radical (unpaired) electrons. The van der Waals surface area contributed by atoms with Crippen molar-refractivity contribution in [3.05, 3.63) is 68.3 Å². The first-order valence-electron chi connectivity index (χ1n) is 8.67. The molecule has 0 N–H and O–H groups in total. The van der Waals surface area contributed by atoms with Gasteiger partial charge in [0.2, 0.25) is 0 Å². The second-order valence-electron chi connectivity index (χ2n) is 6.57. The number of hydrogen-bond donors (Lipinski definition) is 0. The molecule has 0 saturated heterocycles. The van der Waals surface area contributed by atoms with Gasteiger partial charge in [-0.15, -0.1) is 17.9 Å². The van der Waals surface area contributed by atoms with Crippen LogP contribution in [0.15, 0.2) is 40.1 Å². The predicted molar refractivity (Wildman–Crippen MR) is 114 cm³/mol. The predicted octanol–water partition coefficient (Wildman–Crippen LogP) is 5.06. The molecule has 3 aromatic rings. The minimum absolute atomic E-state index is 0.0285. The van der Waals surface area contributed by atoms with Gasteiger partial charge in [0.1, 0.15) is 4.70 Å². The average molecular weight is 399 g/mol. The summed E-state index contributed by atoms with van der Waals surface area (Å²) in [5.74, 6) is 0.731. The van der Waals surface area contributed by atoms with Crippen molar-refractivity contribution in [2.45, 2.75) is 45.1 Å². The lowest BCUT2D eigenvalue weighted by Gasteiger charge is -2.16. The zero-order valence-corrected chi connectivity index (χ0v) is 17.6. The Morgan fingerprint density at radius 1 is 1.33 bits per heavy atom. The molecule has 2 aromatic heterocycles. The van der Waals surface area contributed by atoms with Gasteiger partial charge in [0.05, 0.1) is 5.52 Å². The van der Waals surface area contributed by atoms with Gasteiger partial charge in [-0.2, -0.15) is 0 Å². The van der Waals surface area contributed by atoms with Crippen LogP contribution in [0.3, 0.4) is 0 Å². The maximum Gasteiger partial charge on any atom is 0.272 e. The van der Waals surface area contributed by atoms with E-state index in [-0.39, 0.29) is 11.3 Å². The average Bonchev–Trinajstić information content (AvgIpc) is 3.05. The van der Waals surface area contributed by atoms with Crippen LogP contribution in [0.1, 0.15) is 39.5 Å². The van der Waals surface area contributed by atoms with Crippen molar-refractivity contribution >= 4 is 39.1 Å². The molecule has 3 rings (SSSR count). The van der Waals surface area contributed by atoms with E-state index in [1.165, 1.54) is 23.1 Å². The Hall–Kier alpha value is -2.18. The van der Waals surface area contributed by atoms with E-state index in [1.54, 1.807) is 17.6 Å². The highest BCUT2D eigenvalue weighted by molar-refractivity contribution is 7.98. The highest BCUT2D eigenvalue weighted by Crippen LogP contribution is 2.30. The first-order chi connectivity index (χ1) is 12.8. The number of hydrogen-bond acceptors (Lipinski definition) is 5. The van der Waals surface area contributed by atoms with Crippen molar-refractivity contribution in [2.75, 3.05) is 0 Å². The van der Waals surface area contributed by atoms with Crippen molar-refractivity contribution in [3.8, 4) is 0 Å². The third kappa shape index (κ3) is 3.64. The van der Waals surface area contributed by atoms with Crippen LogP contribution >= 0.6 is 23.1 Å². The molecule has 1 aromatic carbocycles. The first kappa shape index (κ1) is 19.6. The third-order valence-corrected chi connectivity index (χ3v) is 6.57. The number of ketones is 1. The highest BCUT2D eigenvalue weighted by Gasteiger charge is 2.17. The first-order valence-corrected chi connectivity index (χ1v) is 10.5. The number of thioether (sulfide) groups is 1. The number of fused-ring (bicyclic) bond motifs is 1. The minimum Gasteiger partial charge on any atom is -0.294 e.